The highest BCUT2D eigenvalue weighted by atomic mass is 16.5. The van der Waals surface area contributed by atoms with Crippen molar-refractivity contribution in [1.82, 2.24) is 21.0 Å². The van der Waals surface area contributed by atoms with E-state index in [1.54, 1.807) is 31.4 Å². The normalized spacial score (nSPS) is 10.5. The summed E-state index contributed by atoms with van der Waals surface area (Å²) < 4.78 is 10.1. The van der Waals surface area contributed by atoms with E-state index in [2.05, 4.69) is 26.3 Å². The van der Waals surface area contributed by atoms with Gasteiger partial charge in [-0.2, -0.15) is 4.98 Å². The van der Waals surface area contributed by atoms with E-state index >= 15 is 0 Å². The lowest BCUT2D eigenvalue weighted by atomic mass is 10.2. The highest BCUT2D eigenvalue weighted by molar-refractivity contribution is 5.84. The summed E-state index contributed by atoms with van der Waals surface area (Å²) in [5.74, 6) is 1.20. The molecule has 0 atom stereocenters. The van der Waals surface area contributed by atoms with Crippen molar-refractivity contribution in [1.29, 1.82) is 0 Å². The van der Waals surface area contributed by atoms with Crippen LogP contribution in [-0.2, 0) is 16.0 Å². The molecule has 9 heteroatoms. The first-order chi connectivity index (χ1) is 12.5. The monoisotopic (exact) mass is 361 g/mol. The van der Waals surface area contributed by atoms with Crippen LogP contribution in [0.4, 0.5) is 5.69 Å². The molecule has 0 fully saturated rings. The summed E-state index contributed by atoms with van der Waals surface area (Å²) in [5, 5.41) is 6.77. The molecule has 0 aliphatic carbocycles. The first kappa shape index (κ1) is 19.2. The molecular weight excluding hydrogens is 338 g/mol. The Labute approximate surface area is 151 Å². The molecule has 0 saturated heterocycles. The number of rotatable bonds is 8. The Hall–Kier alpha value is -3.10. The lowest BCUT2D eigenvalue weighted by Crippen LogP contribution is -2.44. The molecular formula is C17H23N5O4. The van der Waals surface area contributed by atoms with Gasteiger partial charge in [-0.3, -0.25) is 20.4 Å². The summed E-state index contributed by atoms with van der Waals surface area (Å²) in [4.78, 5) is 27.7. The van der Waals surface area contributed by atoms with Crippen molar-refractivity contribution in [3.05, 3.63) is 36.0 Å². The fourth-order valence-electron chi connectivity index (χ4n) is 1.96. The maximum Gasteiger partial charge on any atom is 0.257 e. The predicted octanol–water partition coefficient (Wildman–Crippen LogP) is 1.39. The predicted molar refractivity (Wildman–Crippen MR) is 94.5 cm³/mol. The molecule has 1 aromatic heterocycles. The van der Waals surface area contributed by atoms with Crippen LogP contribution in [0.5, 0.6) is 5.75 Å². The number of carbonyl (C=O) groups excluding carboxylic acids is 2. The van der Waals surface area contributed by atoms with Crippen LogP contribution in [0.1, 0.15) is 37.9 Å². The van der Waals surface area contributed by atoms with Crippen LogP contribution in [0, 0.1) is 0 Å². The number of aryl methyl sites for hydroxylation is 1. The lowest BCUT2D eigenvalue weighted by molar-refractivity contribution is -0.128. The number of aromatic nitrogens is 2. The molecule has 2 rings (SSSR count). The second-order valence-corrected chi connectivity index (χ2v) is 5.88. The number of nitrogens with one attached hydrogen (secondary N) is 3. The van der Waals surface area contributed by atoms with Crippen LogP contribution in [-0.4, -0.2) is 35.6 Å². The average molecular weight is 361 g/mol. The minimum Gasteiger partial charge on any atom is -0.497 e. The Morgan fingerprint density at radius 2 is 1.85 bits per heavy atom. The molecule has 0 saturated carbocycles. The van der Waals surface area contributed by atoms with Gasteiger partial charge in [0, 0.05) is 24.4 Å². The van der Waals surface area contributed by atoms with E-state index in [1.807, 2.05) is 13.8 Å². The van der Waals surface area contributed by atoms with Gasteiger partial charge in [-0.25, -0.2) is 0 Å². The number of hydrogen-bond donors (Lipinski definition) is 3. The summed E-state index contributed by atoms with van der Waals surface area (Å²) in [5.41, 5.74) is 5.46. The Morgan fingerprint density at radius 3 is 2.46 bits per heavy atom. The molecule has 0 radical (unpaired) electrons. The maximum absolute atomic E-state index is 11.8. The van der Waals surface area contributed by atoms with E-state index in [1.165, 1.54) is 0 Å². The van der Waals surface area contributed by atoms with Crippen molar-refractivity contribution in [3.8, 4) is 5.75 Å². The molecule has 2 aromatic rings. The van der Waals surface area contributed by atoms with Gasteiger partial charge in [0.15, 0.2) is 5.82 Å². The van der Waals surface area contributed by atoms with Gasteiger partial charge in [-0.05, 0) is 24.3 Å². The number of nitrogens with zero attached hydrogens (tertiary/aromatic N) is 2. The minimum atomic E-state index is -0.367. The summed E-state index contributed by atoms with van der Waals surface area (Å²) in [6, 6.07) is 7.15. The van der Waals surface area contributed by atoms with Gasteiger partial charge in [0.2, 0.25) is 11.8 Å². The van der Waals surface area contributed by atoms with Crippen LogP contribution >= 0.6 is 0 Å². The maximum atomic E-state index is 11.8. The van der Waals surface area contributed by atoms with Crippen LogP contribution in [0.3, 0.4) is 0 Å². The van der Waals surface area contributed by atoms with Crippen LogP contribution in [0.2, 0.25) is 0 Å². The third-order valence-electron chi connectivity index (χ3n) is 3.45. The van der Waals surface area contributed by atoms with Gasteiger partial charge < -0.3 is 14.6 Å². The van der Waals surface area contributed by atoms with Gasteiger partial charge in [0.1, 0.15) is 5.75 Å². The highest BCUT2D eigenvalue weighted by Gasteiger charge is 2.11. The van der Waals surface area contributed by atoms with Gasteiger partial charge in [0.05, 0.1) is 13.7 Å². The van der Waals surface area contributed by atoms with Gasteiger partial charge in [0.25, 0.3) is 5.91 Å². The standard InChI is InChI=1S/C17H23N5O4/c1-11(2)17-19-16(26-22-17)9-8-14(23)20-21-15(24)10-18-12-4-6-13(25-3)7-5-12/h4-7,11,18H,8-10H2,1-3H3,(H,20,23)(H,21,24). The van der Waals surface area contributed by atoms with E-state index in [0.717, 1.165) is 11.4 Å². The van der Waals surface area contributed by atoms with Crippen molar-refractivity contribution in [2.75, 3.05) is 19.0 Å². The Balaban J connectivity index is 1.65. The van der Waals surface area contributed by atoms with Crippen molar-refractivity contribution in [2.45, 2.75) is 32.6 Å². The second-order valence-electron chi connectivity index (χ2n) is 5.88. The van der Waals surface area contributed by atoms with E-state index in [9.17, 15) is 9.59 Å². The summed E-state index contributed by atoms with van der Waals surface area (Å²) in [7, 11) is 1.58. The average Bonchev–Trinajstić information content (AvgIpc) is 3.13. The fourth-order valence-corrected chi connectivity index (χ4v) is 1.96. The lowest BCUT2D eigenvalue weighted by Gasteiger charge is -2.09. The van der Waals surface area contributed by atoms with E-state index in [-0.39, 0.29) is 30.7 Å². The van der Waals surface area contributed by atoms with Crippen LogP contribution in [0.25, 0.3) is 0 Å². The quantitative estimate of drug-likeness (QED) is 0.608. The molecule has 3 N–H and O–H groups in total. The summed E-state index contributed by atoms with van der Waals surface area (Å²) in [6.07, 6.45) is 0.442. The Morgan fingerprint density at radius 1 is 1.15 bits per heavy atom. The number of ether oxygens (including phenoxy) is 1. The van der Waals surface area contributed by atoms with Crippen molar-refractivity contribution in [3.63, 3.8) is 0 Å². The third-order valence-corrected chi connectivity index (χ3v) is 3.45. The third kappa shape index (κ3) is 6.08. The molecule has 0 spiro atoms. The largest absolute Gasteiger partial charge is 0.497 e. The van der Waals surface area contributed by atoms with Crippen molar-refractivity contribution in [2.24, 2.45) is 0 Å². The molecule has 9 nitrogen and oxygen atoms in total. The first-order valence-electron chi connectivity index (χ1n) is 8.26. The van der Waals surface area contributed by atoms with E-state index < -0.39 is 0 Å². The van der Waals surface area contributed by atoms with E-state index in [4.69, 9.17) is 9.26 Å². The molecule has 140 valence electrons. The zero-order valence-corrected chi connectivity index (χ0v) is 15.0. The first-order valence-corrected chi connectivity index (χ1v) is 8.26. The minimum absolute atomic E-state index is 0.0218. The van der Waals surface area contributed by atoms with Crippen molar-refractivity contribution >= 4 is 17.5 Å². The number of hydrazine groups is 1. The number of methoxy groups -OCH3 is 1. The Bertz CT molecular complexity index is 727. The number of benzene rings is 1. The molecule has 1 aromatic carbocycles. The zero-order valence-electron chi connectivity index (χ0n) is 15.0. The molecule has 0 unspecified atom stereocenters. The Kier molecular flexibility index (Phi) is 6.95. The number of anilines is 1. The smallest absolute Gasteiger partial charge is 0.257 e. The fraction of sp³-hybridized carbons (Fsp3) is 0.412. The molecule has 0 aliphatic heterocycles. The molecule has 0 aliphatic rings. The van der Waals surface area contributed by atoms with Gasteiger partial charge in [-0.1, -0.05) is 19.0 Å². The topological polar surface area (TPSA) is 118 Å². The molecule has 0 bridgehead atoms. The van der Waals surface area contributed by atoms with Gasteiger partial charge in [-0.15, -0.1) is 0 Å². The van der Waals surface area contributed by atoms with Gasteiger partial charge >= 0.3 is 0 Å². The highest BCUT2D eigenvalue weighted by Crippen LogP contribution is 2.14. The number of amides is 2. The number of hydrogen-bond acceptors (Lipinski definition) is 7. The van der Waals surface area contributed by atoms with Crippen LogP contribution in [0.15, 0.2) is 28.8 Å². The second kappa shape index (κ2) is 9.40. The SMILES string of the molecule is COc1ccc(NCC(=O)NNC(=O)CCc2nc(C(C)C)no2)cc1. The summed E-state index contributed by atoms with van der Waals surface area (Å²) in [6.45, 7) is 3.93. The zero-order chi connectivity index (χ0) is 18.9. The van der Waals surface area contributed by atoms with E-state index in [0.29, 0.717) is 18.1 Å². The molecule has 2 amide bonds. The van der Waals surface area contributed by atoms with Crippen LogP contribution < -0.4 is 20.9 Å². The van der Waals surface area contributed by atoms with Crippen molar-refractivity contribution < 1.29 is 18.8 Å². The summed E-state index contributed by atoms with van der Waals surface area (Å²) >= 11 is 0. The molecule has 1 heterocycles. The molecule has 26 heavy (non-hydrogen) atoms. The number of carbonyl (C=O) groups is 2.